The number of halogens is 1. The van der Waals surface area contributed by atoms with Gasteiger partial charge in [0.05, 0.1) is 16.9 Å². The Labute approximate surface area is 113 Å². The molecule has 0 bridgehead atoms. The number of rotatable bonds is 5. The topological polar surface area (TPSA) is 70.0 Å². The van der Waals surface area contributed by atoms with Gasteiger partial charge in [0, 0.05) is 11.9 Å². The highest BCUT2D eigenvalue weighted by Gasteiger charge is 2.16. The highest BCUT2D eigenvalue weighted by atomic mass is 35.5. The summed E-state index contributed by atoms with van der Waals surface area (Å²) >= 11 is 5.65. The van der Waals surface area contributed by atoms with Gasteiger partial charge in [-0.05, 0) is 31.5 Å². The number of nitrogens with one attached hydrogen (secondary N) is 1. The zero-order chi connectivity index (χ0) is 13.8. The van der Waals surface area contributed by atoms with Crippen molar-refractivity contribution in [1.82, 2.24) is 4.72 Å². The van der Waals surface area contributed by atoms with E-state index in [0.29, 0.717) is 0 Å². The number of nitrogens with zero attached hydrogens (tertiary/aromatic N) is 1. The molecule has 0 heterocycles. The molecule has 0 radical (unpaired) electrons. The number of nitriles is 1. The minimum atomic E-state index is -3.48. The van der Waals surface area contributed by atoms with Crippen molar-refractivity contribution < 1.29 is 8.42 Å². The van der Waals surface area contributed by atoms with Crippen molar-refractivity contribution in [3.8, 4) is 6.07 Å². The van der Waals surface area contributed by atoms with Crippen LogP contribution in [-0.2, 0) is 10.0 Å². The van der Waals surface area contributed by atoms with Gasteiger partial charge in [0.1, 0.15) is 0 Å². The molecule has 18 heavy (non-hydrogen) atoms. The maximum absolute atomic E-state index is 11.9. The third-order valence-electron chi connectivity index (χ3n) is 2.29. The molecule has 98 valence electrons. The van der Waals surface area contributed by atoms with Crippen LogP contribution >= 0.6 is 11.6 Å². The fourth-order valence-corrected chi connectivity index (χ4v) is 2.95. The first-order valence-corrected chi connectivity index (χ1v) is 7.50. The average Bonchev–Trinajstić information content (AvgIpc) is 2.29. The van der Waals surface area contributed by atoms with E-state index < -0.39 is 15.9 Å². The quantitative estimate of drug-likeness (QED) is 0.844. The summed E-state index contributed by atoms with van der Waals surface area (Å²) in [6.07, 6.45) is 0. The van der Waals surface area contributed by atoms with Crippen LogP contribution in [0.1, 0.15) is 25.3 Å². The second-order valence-corrected chi connectivity index (χ2v) is 6.20. The Morgan fingerprint density at radius 3 is 2.28 bits per heavy atom. The van der Waals surface area contributed by atoms with Crippen LogP contribution in [0.5, 0.6) is 0 Å². The van der Waals surface area contributed by atoms with Gasteiger partial charge in [0.15, 0.2) is 0 Å². The molecule has 0 saturated carbocycles. The zero-order valence-electron chi connectivity index (χ0n) is 10.2. The van der Waals surface area contributed by atoms with E-state index in [4.69, 9.17) is 16.9 Å². The number of benzene rings is 1. The zero-order valence-corrected chi connectivity index (χ0v) is 11.8. The molecule has 0 saturated heterocycles. The van der Waals surface area contributed by atoms with Gasteiger partial charge in [-0.2, -0.15) is 5.26 Å². The predicted molar refractivity (Wildman–Crippen MR) is 71.0 cm³/mol. The lowest BCUT2D eigenvalue weighted by Gasteiger charge is -2.11. The first-order chi connectivity index (χ1) is 8.40. The van der Waals surface area contributed by atoms with Crippen LogP contribution in [0.4, 0.5) is 0 Å². The number of sulfonamides is 1. The van der Waals surface area contributed by atoms with E-state index in [9.17, 15) is 8.42 Å². The first-order valence-electron chi connectivity index (χ1n) is 5.48. The van der Waals surface area contributed by atoms with Crippen LogP contribution in [-0.4, -0.2) is 20.3 Å². The molecule has 1 unspecified atom stereocenters. The summed E-state index contributed by atoms with van der Waals surface area (Å²) in [5.41, 5.74) is 0.719. The SMILES string of the molecule is CC(C)NS(=O)(=O)c1ccc(C(C#N)CCl)cc1. The van der Waals surface area contributed by atoms with Gasteiger partial charge < -0.3 is 0 Å². The Morgan fingerprint density at radius 1 is 1.33 bits per heavy atom. The number of alkyl halides is 1. The lowest BCUT2D eigenvalue weighted by atomic mass is 10.0. The summed E-state index contributed by atoms with van der Waals surface area (Å²) < 4.78 is 26.2. The van der Waals surface area contributed by atoms with E-state index in [2.05, 4.69) is 10.8 Å². The van der Waals surface area contributed by atoms with Crippen molar-refractivity contribution in [1.29, 1.82) is 5.26 Å². The van der Waals surface area contributed by atoms with E-state index in [0.717, 1.165) is 5.56 Å². The summed E-state index contributed by atoms with van der Waals surface area (Å²) in [7, 11) is -3.48. The molecule has 0 aliphatic heterocycles. The Hall–Kier alpha value is -1.09. The van der Waals surface area contributed by atoms with Gasteiger partial charge in [0.25, 0.3) is 0 Å². The molecule has 1 atom stereocenters. The standard InChI is InChI=1S/C12H15ClN2O2S/c1-9(2)15-18(16,17)12-5-3-10(4-6-12)11(7-13)8-14/h3-6,9,11,15H,7H2,1-2H3. The number of hydrogen-bond acceptors (Lipinski definition) is 3. The molecule has 0 spiro atoms. The molecule has 1 N–H and O–H groups in total. The highest BCUT2D eigenvalue weighted by molar-refractivity contribution is 7.89. The molecule has 1 aromatic rings. The molecule has 0 amide bonds. The summed E-state index contributed by atoms with van der Waals surface area (Å²) in [5.74, 6) is -0.228. The van der Waals surface area contributed by atoms with Crippen molar-refractivity contribution in [2.24, 2.45) is 0 Å². The fourth-order valence-electron chi connectivity index (χ4n) is 1.46. The van der Waals surface area contributed by atoms with Gasteiger partial charge >= 0.3 is 0 Å². The minimum Gasteiger partial charge on any atom is -0.209 e. The van der Waals surface area contributed by atoms with Gasteiger partial charge in [-0.1, -0.05) is 12.1 Å². The second-order valence-electron chi connectivity index (χ2n) is 4.18. The normalized spacial score (nSPS) is 13.3. The molecule has 4 nitrogen and oxygen atoms in total. The van der Waals surface area contributed by atoms with Crippen molar-refractivity contribution in [2.75, 3.05) is 5.88 Å². The Kier molecular flexibility index (Phi) is 5.15. The molecule has 0 aromatic heterocycles. The van der Waals surface area contributed by atoms with E-state index in [1.54, 1.807) is 26.0 Å². The van der Waals surface area contributed by atoms with Crippen LogP contribution in [0, 0.1) is 11.3 Å². The lowest BCUT2D eigenvalue weighted by molar-refractivity contribution is 0.570. The Bertz CT molecular complexity index is 532. The second kappa shape index (κ2) is 6.19. The van der Waals surface area contributed by atoms with Crippen molar-refractivity contribution >= 4 is 21.6 Å². The molecule has 0 aliphatic rings. The third-order valence-corrected chi connectivity index (χ3v) is 4.28. The van der Waals surface area contributed by atoms with Gasteiger partial charge in [-0.15, -0.1) is 11.6 Å². The highest BCUT2D eigenvalue weighted by Crippen LogP contribution is 2.19. The van der Waals surface area contributed by atoms with E-state index in [1.807, 2.05) is 0 Å². The van der Waals surface area contributed by atoms with Crippen LogP contribution in [0.2, 0.25) is 0 Å². The van der Waals surface area contributed by atoms with Crippen molar-refractivity contribution in [3.05, 3.63) is 29.8 Å². The van der Waals surface area contributed by atoms with Gasteiger partial charge in [-0.3, -0.25) is 0 Å². The molecular weight excluding hydrogens is 272 g/mol. The monoisotopic (exact) mass is 286 g/mol. The lowest BCUT2D eigenvalue weighted by Crippen LogP contribution is -2.30. The van der Waals surface area contributed by atoms with E-state index >= 15 is 0 Å². The van der Waals surface area contributed by atoms with Crippen LogP contribution in [0.3, 0.4) is 0 Å². The molecule has 6 heteroatoms. The van der Waals surface area contributed by atoms with Crippen molar-refractivity contribution in [3.63, 3.8) is 0 Å². The van der Waals surface area contributed by atoms with Gasteiger partial charge in [-0.25, -0.2) is 13.1 Å². The average molecular weight is 287 g/mol. The molecule has 1 aromatic carbocycles. The van der Waals surface area contributed by atoms with Crippen LogP contribution in [0.15, 0.2) is 29.2 Å². The number of hydrogen-bond donors (Lipinski definition) is 1. The van der Waals surface area contributed by atoms with E-state index in [-0.39, 0.29) is 16.8 Å². The predicted octanol–water partition coefficient (Wildman–Crippen LogP) is 2.22. The summed E-state index contributed by atoms with van der Waals surface area (Å²) in [4.78, 5) is 0.186. The summed E-state index contributed by atoms with van der Waals surface area (Å²) in [6, 6.07) is 8.10. The molecule has 0 fully saturated rings. The molecular formula is C12H15ClN2O2S. The Balaban J connectivity index is 3.00. The largest absolute Gasteiger partial charge is 0.240 e. The van der Waals surface area contributed by atoms with Crippen molar-refractivity contribution in [2.45, 2.75) is 30.7 Å². The van der Waals surface area contributed by atoms with E-state index in [1.165, 1.54) is 12.1 Å². The smallest absolute Gasteiger partial charge is 0.209 e. The summed E-state index contributed by atoms with van der Waals surface area (Å²) in [6.45, 7) is 3.51. The maximum Gasteiger partial charge on any atom is 0.240 e. The van der Waals surface area contributed by atoms with Gasteiger partial charge in [0.2, 0.25) is 10.0 Å². The van der Waals surface area contributed by atoms with Crippen LogP contribution in [0.25, 0.3) is 0 Å². The fraction of sp³-hybridized carbons (Fsp3) is 0.417. The summed E-state index contributed by atoms with van der Waals surface area (Å²) in [5, 5.41) is 8.86. The first kappa shape index (κ1) is 15.0. The third kappa shape index (κ3) is 3.70. The minimum absolute atomic E-state index is 0.163. The molecule has 1 rings (SSSR count). The van der Waals surface area contributed by atoms with Crippen LogP contribution < -0.4 is 4.72 Å². The Morgan fingerprint density at radius 2 is 1.89 bits per heavy atom. The molecule has 0 aliphatic carbocycles. The maximum atomic E-state index is 11.9.